The number of piperidine rings is 1. The summed E-state index contributed by atoms with van der Waals surface area (Å²) in [5.41, 5.74) is 0. The van der Waals surface area contributed by atoms with Crippen molar-refractivity contribution in [2.45, 2.75) is 77.5 Å². The van der Waals surface area contributed by atoms with Gasteiger partial charge in [-0.3, -0.25) is 0 Å². The van der Waals surface area contributed by atoms with Gasteiger partial charge < -0.3 is 15.3 Å². The van der Waals surface area contributed by atoms with E-state index in [0.717, 1.165) is 32.0 Å². The van der Waals surface area contributed by atoms with Crippen LogP contribution in [0.5, 0.6) is 0 Å². The molecule has 1 saturated heterocycles. The predicted octanol–water partition coefficient (Wildman–Crippen LogP) is 2.64. The predicted molar refractivity (Wildman–Crippen MR) is 80.0 cm³/mol. The lowest BCUT2D eigenvalue weighted by Gasteiger charge is -2.28. The van der Waals surface area contributed by atoms with Gasteiger partial charge in [-0.2, -0.15) is 0 Å². The molecule has 1 aliphatic carbocycles. The van der Waals surface area contributed by atoms with E-state index in [4.69, 9.17) is 5.11 Å². The van der Waals surface area contributed by atoms with E-state index >= 15 is 0 Å². The molecule has 1 saturated carbocycles. The van der Waals surface area contributed by atoms with Gasteiger partial charge in [0.1, 0.15) is 0 Å². The van der Waals surface area contributed by atoms with Crippen LogP contribution in [0.2, 0.25) is 0 Å². The molecule has 2 rings (SSSR count). The molecule has 0 spiro atoms. The van der Waals surface area contributed by atoms with Gasteiger partial charge in [0.15, 0.2) is 0 Å². The second-order valence-electron chi connectivity index (χ2n) is 6.02. The van der Waals surface area contributed by atoms with Gasteiger partial charge in [0.05, 0.1) is 6.10 Å². The fourth-order valence-electron chi connectivity index (χ4n) is 2.51. The molecule has 110 valence electrons. The van der Waals surface area contributed by atoms with Crippen molar-refractivity contribution in [3.8, 4) is 0 Å². The summed E-state index contributed by atoms with van der Waals surface area (Å²) < 4.78 is 0. The first kappa shape index (κ1) is 15.9. The number of likely N-dealkylation sites (tertiary alicyclic amines) is 1. The van der Waals surface area contributed by atoms with Crippen molar-refractivity contribution in [3.63, 3.8) is 0 Å². The fraction of sp³-hybridized carbons (Fsp3) is 1.00. The summed E-state index contributed by atoms with van der Waals surface area (Å²) in [5, 5.41) is 12.6. The summed E-state index contributed by atoms with van der Waals surface area (Å²) in [5.74, 6) is 0. The Balaban J connectivity index is 0.000000331. The first-order valence-corrected chi connectivity index (χ1v) is 7.78. The van der Waals surface area contributed by atoms with Gasteiger partial charge in [-0.1, -0.05) is 27.2 Å². The zero-order valence-electron chi connectivity index (χ0n) is 12.5. The van der Waals surface area contributed by atoms with Crippen LogP contribution < -0.4 is 5.32 Å². The quantitative estimate of drug-likeness (QED) is 0.814. The smallest absolute Gasteiger partial charge is 0.0564 e. The van der Waals surface area contributed by atoms with Crippen LogP contribution in [0.4, 0.5) is 0 Å². The lowest BCUT2D eigenvalue weighted by atomic mass is 9.93. The van der Waals surface area contributed by atoms with Crippen LogP contribution in [0.15, 0.2) is 0 Å². The van der Waals surface area contributed by atoms with Gasteiger partial charge in [0, 0.05) is 26.6 Å². The maximum atomic E-state index is 9.17. The van der Waals surface area contributed by atoms with Crippen molar-refractivity contribution in [1.29, 1.82) is 0 Å². The molecular weight excluding hydrogens is 224 g/mol. The van der Waals surface area contributed by atoms with E-state index in [0.29, 0.717) is 6.04 Å². The Kier molecular flexibility index (Phi) is 7.87. The molecule has 0 aromatic rings. The maximum Gasteiger partial charge on any atom is 0.0564 e. The molecule has 0 aromatic heterocycles. The molecule has 1 heterocycles. The molecule has 0 bridgehead atoms. The number of aliphatic hydroxyl groups excluding tert-OH is 1. The molecule has 2 aliphatic rings. The number of hydrogen-bond donors (Lipinski definition) is 2. The van der Waals surface area contributed by atoms with Gasteiger partial charge in [0.25, 0.3) is 0 Å². The van der Waals surface area contributed by atoms with Crippen molar-refractivity contribution in [2.75, 3.05) is 19.6 Å². The molecule has 0 radical (unpaired) electrons. The summed E-state index contributed by atoms with van der Waals surface area (Å²) in [6.07, 6.45) is 7.39. The summed E-state index contributed by atoms with van der Waals surface area (Å²) in [6, 6.07) is 1.54. The van der Waals surface area contributed by atoms with Crippen LogP contribution in [0.25, 0.3) is 0 Å². The molecule has 3 heteroatoms. The van der Waals surface area contributed by atoms with Crippen molar-refractivity contribution >= 4 is 0 Å². The molecule has 18 heavy (non-hydrogen) atoms. The molecular formula is C15H34N2O. The van der Waals surface area contributed by atoms with E-state index in [1.54, 1.807) is 0 Å². The standard InChI is InChI=1S/C8H17NO.C7H15N.H2/c1-2-5-9-6-3-8(10)4-7-9;1-6(2)8-7-4-3-5-7;/h8,10H,2-7H2,1H3;6-8H,3-5H2,1-2H3;1H. The topological polar surface area (TPSA) is 35.5 Å². The molecule has 0 unspecified atom stereocenters. The maximum absolute atomic E-state index is 9.17. The minimum atomic E-state index is -0.0203. The van der Waals surface area contributed by atoms with Gasteiger partial charge >= 0.3 is 0 Å². The lowest BCUT2D eigenvalue weighted by molar-refractivity contribution is 0.0827. The molecule has 0 aromatic carbocycles. The molecule has 2 N–H and O–H groups in total. The average molecular weight is 258 g/mol. The average Bonchev–Trinajstić information content (AvgIpc) is 2.28. The van der Waals surface area contributed by atoms with Gasteiger partial charge in [-0.15, -0.1) is 0 Å². The molecule has 3 nitrogen and oxygen atoms in total. The van der Waals surface area contributed by atoms with E-state index < -0.39 is 0 Å². The van der Waals surface area contributed by atoms with Gasteiger partial charge in [-0.05, 0) is 38.6 Å². The highest BCUT2D eigenvalue weighted by Crippen LogP contribution is 2.18. The minimum Gasteiger partial charge on any atom is -0.393 e. The number of rotatable bonds is 4. The van der Waals surface area contributed by atoms with Crippen LogP contribution in [0.1, 0.15) is 60.7 Å². The molecule has 1 aliphatic heterocycles. The van der Waals surface area contributed by atoms with Crippen LogP contribution in [0, 0.1) is 0 Å². The van der Waals surface area contributed by atoms with Gasteiger partial charge in [-0.25, -0.2) is 0 Å². The Bertz CT molecular complexity index is 202. The third-order valence-corrected chi connectivity index (χ3v) is 3.77. The summed E-state index contributed by atoms with van der Waals surface area (Å²) >= 11 is 0. The summed E-state index contributed by atoms with van der Waals surface area (Å²) in [6.45, 7) is 10.00. The number of nitrogens with one attached hydrogen (secondary N) is 1. The zero-order valence-corrected chi connectivity index (χ0v) is 12.5. The van der Waals surface area contributed by atoms with Crippen molar-refractivity contribution in [2.24, 2.45) is 0 Å². The molecule has 0 atom stereocenters. The lowest BCUT2D eigenvalue weighted by Crippen LogP contribution is -2.39. The van der Waals surface area contributed by atoms with Gasteiger partial charge in [0.2, 0.25) is 0 Å². The van der Waals surface area contributed by atoms with Crippen molar-refractivity contribution in [1.82, 2.24) is 10.2 Å². The highest BCUT2D eigenvalue weighted by atomic mass is 16.3. The Labute approximate surface area is 114 Å². The Hall–Kier alpha value is -0.120. The van der Waals surface area contributed by atoms with E-state index in [2.05, 4.69) is 31.0 Å². The van der Waals surface area contributed by atoms with Crippen LogP contribution in [0.3, 0.4) is 0 Å². The third kappa shape index (κ3) is 6.72. The monoisotopic (exact) mass is 258 g/mol. The molecule has 2 fully saturated rings. The SMILES string of the molecule is CC(C)NC1CCC1.CCCN1CCC(O)CC1.[HH]. The minimum absolute atomic E-state index is 0. The first-order valence-electron chi connectivity index (χ1n) is 7.78. The Morgan fingerprint density at radius 3 is 2.17 bits per heavy atom. The first-order chi connectivity index (χ1) is 8.61. The second-order valence-corrected chi connectivity index (χ2v) is 6.02. The summed E-state index contributed by atoms with van der Waals surface area (Å²) in [4.78, 5) is 2.42. The number of aliphatic hydroxyl groups is 1. The van der Waals surface area contributed by atoms with Crippen molar-refractivity contribution in [3.05, 3.63) is 0 Å². The molecule has 0 amide bonds. The van der Waals surface area contributed by atoms with Crippen LogP contribution in [-0.2, 0) is 0 Å². The van der Waals surface area contributed by atoms with E-state index in [9.17, 15) is 0 Å². The van der Waals surface area contributed by atoms with Crippen LogP contribution >= 0.6 is 0 Å². The Morgan fingerprint density at radius 1 is 1.22 bits per heavy atom. The highest BCUT2D eigenvalue weighted by Gasteiger charge is 2.16. The third-order valence-electron chi connectivity index (χ3n) is 3.77. The van der Waals surface area contributed by atoms with Crippen LogP contribution in [-0.4, -0.2) is 47.8 Å². The zero-order chi connectivity index (χ0) is 13.4. The highest BCUT2D eigenvalue weighted by molar-refractivity contribution is 4.77. The second kappa shape index (κ2) is 8.89. The Morgan fingerprint density at radius 2 is 1.83 bits per heavy atom. The van der Waals surface area contributed by atoms with Crippen molar-refractivity contribution < 1.29 is 6.53 Å². The van der Waals surface area contributed by atoms with E-state index in [1.165, 1.54) is 32.2 Å². The van der Waals surface area contributed by atoms with E-state index in [1.807, 2.05) is 0 Å². The summed E-state index contributed by atoms with van der Waals surface area (Å²) in [7, 11) is 0. The number of hydrogen-bond acceptors (Lipinski definition) is 3. The number of nitrogens with zero attached hydrogens (tertiary/aromatic N) is 1. The normalized spacial score (nSPS) is 22.5. The fourth-order valence-corrected chi connectivity index (χ4v) is 2.51. The largest absolute Gasteiger partial charge is 0.393 e. The van der Waals surface area contributed by atoms with E-state index in [-0.39, 0.29) is 7.53 Å².